The largest absolute Gasteiger partial charge is 0.465 e. The van der Waals surface area contributed by atoms with Crippen molar-refractivity contribution in [1.29, 1.82) is 0 Å². The molecule has 1 N–H and O–H groups in total. The van der Waals surface area contributed by atoms with Gasteiger partial charge >= 0.3 is 5.97 Å². The van der Waals surface area contributed by atoms with Crippen molar-refractivity contribution in [3.63, 3.8) is 0 Å². The van der Waals surface area contributed by atoms with Crippen LogP contribution in [0.4, 0.5) is 5.69 Å². The summed E-state index contributed by atoms with van der Waals surface area (Å²) in [5.41, 5.74) is 1.74. The normalized spacial score (nSPS) is 31.8. The maximum absolute atomic E-state index is 14.3. The fourth-order valence-electron chi connectivity index (χ4n) is 6.74. The van der Waals surface area contributed by atoms with Crippen LogP contribution in [0.3, 0.4) is 0 Å². The highest BCUT2D eigenvalue weighted by molar-refractivity contribution is 7.15. The number of hydrogen-bond acceptors (Lipinski definition) is 7. The molecule has 0 radical (unpaired) electrons. The summed E-state index contributed by atoms with van der Waals surface area (Å²) < 4.78 is 17.3. The zero-order valence-corrected chi connectivity index (χ0v) is 24.4. The Bertz CT molecular complexity index is 1010. The first kappa shape index (κ1) is 28.8. The molecule has 1 amide bonds. The molecule has 0 aromatic carbocycles. The molecule has 3 fully saturated rings. The van der Waals surface area contributed by atoms with Crippen LogP contribution in [0.5, 0.6) is 0 Å². The summed E-state index contributed by atoms with van der Waals surface area (Å²) in [7, 11) is 1.40. The van der Waals surface area contributed by atoms with Crippen LogP contribution in [0.1, 0.15) is 111 Å². The van der Waals surface area contributed by atoms with E-state index in [0.717, 1.165) is 107 Å². The highest BCUT2D eigenvalue weighted by Gasteiger charge is 2.38. The van der Waals surface area contributed by atoms with Crippen molar-refractivity contribution in [2.45, 2.75) is 121 Å². The lowest BCUT2D eigenvalue weighted by Crippen LogP contribution is -2.47. The van der Waals surface area contributed by atoms with Gasteiger partial charge in [-0.3, -0.25) is 4.79 Å². The van der Waals surface area contributed by atoms with Crippen molar-refractivity contribution < 1.29 is 28.9 Å². The summed E-state index contributed by atoms with van der Waals surface area (Å²) >= 11 is 1.39. The van der Waals surface area contributed by atoms with Crippen LogP contribution in [0.2, 0.25) is 0 Å². The number of aliphatic hydroxyl groups is 1. The number of methoxy groups -OCH3 is 1. The Morgan fingerprint density at radius 3 is 2.44 bits per heavy atom. The van der Waals surface area contributed by atoms with Gasteiger partial charge in [0.1, 0.15) is 4.88 Å². The van der Waals surface area contributed by atoms with E-state index in [-0.39, 0.29) is 30.3 Å². The van der Waals surface area contributed by atoms with E-state index in [1.54, 1.807) is 0 Å². The molecular weight excluding hydrogens is 514 g/mol. The molecule has 8 heteroatoms. The number of hydrogen-bond donors (Lipinski definition) is 1. The van der Waals surface area contributed by atoms with E-state index in [1.807, 2.05) is 17.0 Å². The van der Waals surface area contributed by atoms with Gasteiger partial charge in [-0.2, -0.15) is 0 Å². The molecule has 5 rings (SSSR count). The molecule has 7 nitrogen and oxygen atoms in total. The second-order valence-electron chi connectivity index (χ2n) is 12.0. The van der Waals surface area contributed by atoms with Gasteiger partial charge in [0.25, 0.3) is 0 Å². The van der Waals surface area contributed by atoms with Gasteiger partial charge in [0, 0.05) is 23.4 Å². The second kappa shape index (κ2) is 13.3. The third-order valence-corrected chi connectivity index (χ3v) is 10.3. The maximum Gasteiger partial charge on any atom is 0.350 e. The Morgan fingerprint density at radius 1 is 1.00 bits per heavy atom. The first-order valence-electron chi connectivity index (χ1n) is 15.1. The Labute approximate surface area is 236 Å². The van der Waals surface area contributed by atoms with Crippen LogP contribution >= 0.6 is 11.3 Å². The summed E-state index contributed by atoms with van der Waals surface area (Å²) in [4.78, 5) is 30.7. The number of carbonyl (C=O) groups is 2. The summed E-state index contributed by atoms with van der Waals surface area (Å²) in [6, 6.07) is 2.03. The van der Waals surface area contributed by atoms with E-state index in [1.165, 1.54) is 18.4 Å². The highest BCUT2D eigenvalue weighted by Crippen LogP contribution is 2.42. The van der Waals surface area contributed by atoms with E-state index >= 15 is 0 Å². The molecule has 0 bridgehead atoms. The number of aliphatic hydroxyl groups excluding tert-OH is 1. The van der Waals surface area contributed by atoms with Gasteiger partial charge in [0.15, 0.2) is 6.29 Å². The van der Waals surface area contributed by atoms with E-state index in [0.29, 0.717) is 16.5 Å². The first-order valence-corrected chi connectivity index (χ1v) is 16.0. The zero-order valence-electron chi connectivity index (χ0n) is 23.6. The van der Waals surface area contributed by atoms with E-state index in [4.69, 9.17) is 14.2 Å². The maximum atomic E-state index is 14.3. The molecule has 0 spiro atoms. The topological polar surface area (TPSA) is 85.3 Å². The van der Waals surface area contributed by atoms with Crippen molar-refractivity contribution in [1.82, 2.24) is 0 Å². The summed E-state index contributed by atoms with van der Waals surface area (Å²) in [5.74, 6) is 0.379. The molecule has 4 aliphatic rings. The van der Waals surface area contributed by atoms with Gasteiger partial charge in [-0.05, 0) is 107 Å². The molecule has 216 valence electrons. The number of thiophene rings is 1. The van der Waals surface area contributed by atoms with Crippen LogP contribution < -0.4 is 4.90 Å². The van der Waals surface area contributed by atoms with E-state index in [2.05, 4.69) is 6.92 Å². The number of allylic oxidation sites excluding steroid dienone is 1. The van der Waals surface area contributed by atoms with Crippen LogP contribution in [0, 0.1) is 11.8 Å². The molecule has 1 aromatic heterocycles. The minimum atomic E-state index is -0.466. The van der Waals surface area contributed by atoms with Crippen LogP contribution in [0.15, 0.2) is 12.1 Å². The number of amides is 1. The average molecular weight is 560 g/mol. The predicted molar refractivity (Wildman–Crippen MR) is 153 cm³/mol. The molecular formula is C31H45NO6S. The fraction of sp³-hybridized carbons (Fsp3) is 0.742. The highest BCUT2D eigenvalue weighted by atomic mass is 32.1. The molecule has 2 heterocycles. The third-order valence-electron chi connectivity index (χ3n) is 9.09. The molecule has 2 saturated carbocycles. The molecule has 1 saturated heterocycles. The van der Waals surface area contributed by atoms with Gasteiger partial charge in [-0.1, -0.05) is 13.0 Å². The van der Waals surface area contributed by atoms with Crippen molar-refractivity contribution in [3.05, 3.63) is 21.9 Å². The van der Waals surface area contributed by atoms with Crippen molar-refractivity contribution in [3.8, 4) is 0 Å². The van der Waals surface area contributed by atoms with Gasteiger partial charge < -0.3 is 24.2 Å². The number of anilines is 1. The standard InChI is InChI=1S/C31H45NO6S/c1-20-9-11-21(12-10-20)30(34)32(23-13-15-25(16-14-23)38-28-8-3-4-17-37-28)26-19-27(39-29(26)31(35)36-2)22-6-5-7-24(33)18-22/h18-21,23-25,28,33H,3-17H2,1-2H3/t20-,21-,23-,24?,25-,28?. The molecule has 39 heavy (non-hydrogen) atoms. The lowest BCUT2D eigenvalue weighted by Gasteiger charge is -2.40. The summed E-state index contributed by atoms with van der Waals surface area (Å²) in [6.07, 6.45) is 14.5. The van der Waals surface area contributed by atoms with E-state index < -0.39 is 12.1 Å². The van der Waals surface area contributed by atoms with Crippen LogP contribution in [-0.4, -0.2) is 55.2 Å². The summed E-state index contributed by atoms with van der Waals surface area (Å²) in [6.45, 7) is 3.04. The SMILES string of the molecule is COC(=O)c1sc(C2=CC(O)CCC2)cc1N(C(=O)[C@H]1CC[C@H](C)CC1)[C@H]1CC[C@H](OC2CCCCO2)CC1. The fourth-order valence-corrected chi connectivity index (χ4v) is 7.86. The lowest BCUT2D eigenvalue weighted by atomic mass is 9.81. The van der Waals surface area contributed by atoms with Gasteiger partial charge in [0.05, 0.1) is 25.0 Å². The third kappa shape index (κ3) is 6.95. The Kier molecular flexibility index (Phi) is 9.80. The minimum absolute atomic E-state index is 0.0146. The monoisotopic (exact) mass is 559 g/mol. The summed E-state index contributed by atoms with van der Waals surface area (Å²) in [5, 5.41) is 10.3. The molecule has 1 aromatic rings. The van der Waals surface area contributed by atoms with Crippen molar-refractivity contribution in [2.75, 3.05) is 18.6 Å². The minimum Gasteiger partial charge on any atom is -0.465 e. The Hall–Kier alpha value is -1.74. The molecule has 3 aliphatic carbocycles. The molecule has 2 atom stereocenters. The number of rotatable bonds is 7. The van der Waals surface area contributed by atoms with Gasteiger partial charge in [0.2, 0.25) is 5.91 Å². The van der Waals surface area contributed by atoms with Gasteiger partial charge in [-0.15, -0.1) is 11.3 Å². The quantitative estimate of drug-likeness (QED) is 0.385. The second-order valence-corrected chi connectivity index (χ2v) is 13.0. The first-order chi connectivity index (χ1) is 18.9. The molecule has 1 aliphatic heterocycles. The van der Waals surface area contributed by atoms with Crippen molar-refractivity contribution >= 4 is 34.5 Å². The Balaban J connectivity index is 1.42. The number of esters is 1. The van der Waals surface area contributed by atoms with Crippen LogP contribution in [0.25, 0.3) is 5.57 Å². The number of ether oxygens (including phenoxy) is 3. The van der Waals surface area contributed by atoms with Crippen LogP contribution in [-0.2, 0) is 19.0 Å². The zero-order chi connectivity index (χ0) is 27.4. The lowest BCUT2D eigenvalue weighted by molar-refractivity contribution is -0.193. The predicted octanol–water partition coefficient (Wildman–Crippen LogP) is 6.48. The molecule has 2 unspecified atom stereocenters. The van der Waals surface area contributed by atoms with Crippen molar-refractivity contribution in [2.24, 2.45) is 11.8 Å². The average Bonchev–Trinajstić information content (AvgIpc) is 3.39. The number of nitrogens with zero attached hydrogens (tertiary/aromatic N) is 1. The van der Waals surface area contributed by atoms with Gasteiger partial charge in [-0.25, -0.2) is 4.79 Å². The number of carbonyl (C=O) groups excluding carboxylic acids is 2. The van der Waals surface area contributed by atoms with E-state index in [9.17, 15) is 14.7 Å². The smallest absolute Gasteiger partial charge is 0.350 e. The Morgan fingerprint density at radius 2 is 1.77 bits per heavy atom.